The summed E-state index contributed by atoms with van der Waals surface area (Å²) in [5.41, 5.74) is 1.60. The smallest absolute Gasteiger partial charge is 0.356 e. The summed E-state index contributed by atoms with van der Waals surface area (Å²) in [6.45, 7) is 3.83. The number of urea groups is 2. The number of carbonyl (C=O) groups is 4. The van der Waals surface area contributed by atoms with E-state index >= 15 is 0 Å². The molecule has 1 unspecified atom stereocenters. The van der Waals surface area contributed by atoms with E-state index < -0.39 is 35.7 Å². The molecule has 2 aromatic carbocycles. The lowest BCUT2D eigenvalue weighted by Gasteiger charge is -2.36. The van der Waals surface area contributed by atoms with E-state index in [9.17, 15) is 28.0 Å². The van der Waals surface area contributed by atoms with Gasteiger partial charge in [0.2, 0.25) is 5.91 Å². The summed E-state index contributed by atoms with van der Waals surface area (Å²) < 4.78 is 37.4. The van der Waals surface area contributed by atoms with Gasteiger partial charge in [0.15, 0.2) is 11.6 Å². The Balaban J connectivity index is 1.38. The van der Waals surface area contributed by atoms with Crippen LogP contribution in [0.3, 0.4) is 0 Å². The number of halogens is 3. The van der Waals surface area contributed by atoms with Crippen LogP contribution in [0.5, 0.6) is 0 Å². The number of nitrogens with one attached hydrogen (secondary N) is 3. The minimum Gasteiger partial charge on any atom is -0.378 e. The van der Waals surface area contributed by atoms with E-state index in [1.165, 1.54) is 19.6 Å². The molecule has 1 atom stereocenters. The number of hydrogen-bond acceptors (Lipinski definition) is 7. The average molecular weight is 634 g/mol. The first kappa shape index (κ1) is 32.8. The average Bonchev–Trinajstić information content (AvgIpc) is 3.00. The first-order valence-corrected chi connectivity index (χ1v) is 14.4. The zero-order valence-electron chi connectivity index (χ0n) is 24.3. The van der Waals surface area contributed by atoms with Crippen LogP contribution in [-0.4, -0.2) is 73.6 Å². The van der Waals surface area contributed by atoms with Crippen LogP contribution in [0.15, 0.2) is 53.7 Å². The van der Waals surface area contributed by atoms with Gasteiger partial charge >= 0.3 is 18.0 Å². The summed E-state index contributed by atoms with van der Waals surface area (Å²) in [6.07, 6.45) is 2.45. The number of piperidine rings is 1. The molecule has 11 nitrogen and oxygen atoms in total. The molecule has 2 aliphatic rings. The molecule has 1 saturated heterocycles. The lowest BCUT2D eigenvalue weighted by Crippen LogP contribution is -2.55. The molecule has 4 rings (SSSR count). The SMILES string of the molecule is COCC1=C(C(=O)OCl)C(c2ccc(F)c(F)c2)N(C(=O)NCCCN2CCC(c3cccc(NC(C)=O)c3)CC2)C(=O)N1. The molecule has 0 bridgehead atoms. The predicted molar refractivity (Wildman–Crippen MR) is 157 cm³/mol. The van der Waals surface area contributed by atoms with Gasteiger partial charge in [0.05, 0.1) is 17.9 Å². The molecular weight excluding hydrogens is 600 g/mol. The van der Waals surface area contributed by atoms with E-state index in [2.05, 4.69) is 31.2 Å². The molecule has 2 aromatic rings. The number of nitrogens with zero attached hydrogens (tertiary/aromatic N) is 2. The van der Waals surface area contributed by atoms with Gasteiger partial charge in [0.1, 0.15) is 17.9 Å². The number of anilines is 1. The number of imide groups is 1. The summed E-state index contributed by atoms with van der Waals surface area (Å²) >= 11 is 5.36. The first-order chi connectivity index (χ1) is 21.1. The normalized spacial score (nSPS) is 17.7. The van der Waals surface area contributed by atoms with E-state index in [0.717, 1.165) is 49.8 Å². The molecule has 14 heteroatoms. The summed E-state index contributed by atoms with van der Waals surface area (Å²) in [7, 11) is 1.32. The van der Waals surface area contributed by atoms with Gasteiger partial charge in [-0.25, -0.2) is 28.1 Å². The van der Waals surface area contributed by atoms with Crippen molar-refractivity contribution >= 4 is 41.5 Å². The van der Waals surface area contributed by atoms with E-state index in [1.807, 2.05) is 18.2 Å². The molecule has 236 valence electrons. The Kier molecular flexibility index (Phi) is 11.3. The molecule has 0 radical (unpaired) electrons. The molecule has 0 aromatic heterocycles. The number of rotatable bonds is 10. The number of carbonyl (C=O) groups excluding carboxylic acids is 4. The fourth-order valence-corrected chi connectivity index (χ4v) is 5.64. The van der Waals surface area contributed by atoms with Crippen LogP contribution in [-0.2, 0) is 18.6 Å². The predicted octanol–water partition coefficient (Wildman–Crippen LogP) is 4.57. The molecule has 3 N–H and O–H groups in total. The van der Waals surface area contributed by atoms with Crippen molar-refractivity contribution in [2.45, 2.75) is 38.1 Å². The van der Waals surface area contributed by atoms with Crippen molar-refractivity contribution in [2.75, 3.05) is 45.2 Å². The van der Waals surface area contributed by atoms with Crippen molar-refractivity contribution in [1.82, 2.24) is 20.4 Å². The minimum atomic E-state index is -1.47. The van der Waals surface area contributed by atoms with E-state index in [0.29, 0.717) is 23.8 Å². The van der Waals surface area contributed by atoms with Crippen LogP contribution < -0.4 is 16.0 Å². The van der Waals surface area contributed by atoms with Crippen LogP contribution >= 0.6 is 11.9 Å². The van der Waals surface area contributed by atoms with Crippen molar-refractivity contribution in [3.63, 3.8) is 0 Å². The van der Waals surface area contributed by atoms with Crippen molar-refractivity contribution in [2.24, 2.45) is 0 Å². The number of benzene rings is 2. The molecule has 0 spiro atoms. The number of amides is 5. The minimum absolute atomic E-state index is 0.0350. The summed E-state index contributed by atoms with van der Waals surface area (Å²) in [5.74, 6) is -3.22. The Bertz CT molecular complexity index is 1430. The van der Waals surface area contributed by atoms with E-state index in [-0.39, 0.29) is 35.9 Å². The third-order valence-electron chi connectivity index (χ3n) is 7.58. The van der Waals surface area contributed by atoms with Gasteiger partial charge in [0, 0.05) is 26.3 Å². The maximum absolute atomic E-state index is 14.2. The Labute approximate surface area is 258 Å². The number of likely N-dealkylation sites (tertiary alicyclic amines) is 1. The maximum Gasteiger partial charge on any atom is 0.356 e. The highest BCUT2D eigenvalue weighted by atomic mass is 35.5. The second kappa shape index (κ2) is 15.1. The van der Waals surface area contributed by atoms with Gasteiger partial charge in [-0.3, -0.25) is 4.79 Å². The third-order valence-corrected chi connectivity index (χ3v) is 7.72. The van der Waals surface area contributed by atoms with Gasteiger partial charge in [-0.05, 0) is 80.2 Å². The summed E-state index contributed by atoms with van der Waals surface area (Å²) in [4.78, 5) is 53.5. The van der Waals surface area contributed by atoms with Crippen LogP contribution in [0.4, 0.5) is 24.1 Å². The lowest BCUT2D eigenvalue weighted by atomic mass is 9.89. The molecule has 0 aliphatic carbocycles. The fourth-order valence-electron chi connectivity index (χ4n) is 5.56. The molecule has 5 amide bonds. The summed E-state index contributed by atoms with van der Waals surface area (Å²) in [5, 5.41) is 7.94. The molecular formula is C30H34ClF2N5O6. The number of hydrogen-bond donors (Lipinski definition) is 3. The Morgan fingerprint density at radius 1 is 1.07 bits per heavy atom. The van der Waals surface area contributed by atoms with Gasteiger partial charge in [-0.2, -0.15) is 0 Å². The fraction of sp³-hybridized carbons (Fsp3) is 0.400. The van der Waals surface area contributed by atoms with Gasteiger partial charge in [0.25, 0.3) is 0 Å². The standard InChI is InChI=1S/C30H34ClF2N5O6/c1-18(39)35-22-6-3-5-20(15-22)19-9-13-37(14-10-19)12-4-11-34-29(41)38-27(21-7-8-23(32)24(33)16-21)26(28(40)44-31)25(17-43-2)36-30(38)42/h3,5-8,15-16,19,27H,4,9-14,17H2,1-2H3,(H,34,41)(H,35,39)(H,36,42). The van der Waals surface area contributed by atoms with Crippen LogP contribution in [0.25, 0.3) is 0 Å². The molecule has 1 fully saturated rings. The van der Waals surface area contributed by atoms with Crippen molar-refractivity contribution < 1.29 is 37.0 Å². The van der Waals surface area contributed by atoms with Crippen LogP contribution in [0.1, 0.15) is 49.3 Å². The van der Waals surface area contributed by atoms with E-state index in [4.69, 9.17) is 16.6 Å². The monoisotopic (exact) mass is 633 g/mol. The van der Waals surface area contributed by atoms with Crippen LogP contribution in [0.2, 0.25) is 0 Å². The summed E-state index contributed by atoms with van der Waals surface area (Å²) in [6, 6.07) is 7.43. The Morgan fingerprint density at radius 3 is 2.48 bits per heavy atom. The quantitative estimate of drug-likeness (QED) is 0.327. The highest BCUT2D eigenvalue weighted by molar-refractivity contribution is 6.16. The maximum atomic E-state index is 14.2. The molecule has 2 heterocycles. The van der Waals surface area contributed by atoms with Crippen LogP contribution in [0, 0.1) is 11.6 Å². The number of methoxy groups -OCH3 is 1. The Hall–Kier alpha value is -4.07. The Morgan fingerprint density at radius 2 is 1.82 bits per heavy atom. The second-order valence-corrected chi connectivity index (χ2v) is 10.7. The van der Waals surface area contributed by atoms with E-state index in [1.54, 1.807) is 0 Å². The molecule has 2 aliphatic heterocycles. The topological polar surface area (TPSA) is 129 Å². The zero-order chi connectivity index (χ0) is 31.8. The lowest BCUT2D eigenvalue weighted by molar-refractivity contribution is -0.130. The number of ether oxygens (including phenoxy) is 1. The van der Waals surface area contributed by atoms with Crippen molar-refractivity contribution in [1.29, 1.82) is 0 Å². The molecule has 44 heavy (non-hydrogen) atoms. The third kappa shape index (κ3) is 7.90. The van der Waals surface area contributed by atoms with Gasteiger partial charge in [-0.1, -0.05) is 18.2 Å². The highest BCUT2D eigenvalue weighted by Crippen LogP contribution is 2.35. The van der Waals surface area contributed by atoms with Crippen molar-refractivity contribution in [3.8, 4) is 0 Å². The van der Waals surface area contributed by atoms with Crippen molar-refractivity contribution in [3.05, 3.63) is 76.5 Å². The first-order valence-electron chi connectivity index (χ1n) is 14.1. The zero-order valence-corrected chi connectivity index (χ0v) is 25.1. The molecule has 0 saturated carbocycles. The second-order valence-electron chi connectivity index (χ2n) is 10.6. The largest absolute Gasteiger partial charge is 0.378 e. The van der Waals surface area contributed by atoms with Gasteiger partial charge < -0.3 is 29.9 Å². The van der Waals surface area contributed by atoms with Gasteiger partial charge in [-0.15, -0.1) is 0 Å². The highest BCUT2D eigenvalue weighted by Gasteiger charge is 2.43.